The summed E-state index contributed by atoms with van der Waals surface area (Å²) in [5, 5.41) is 9.39. The summed E-state index contributed by atoms with van der Waals surface area (Å²) in [6.45, 7) is 5.86. The van der Waals surface area contributed by atoms with Gasteiger partial charge in [0.25, 0.3) is 5.91 Å². The second-order valence-electron chi connectivity index (χ2n) is 4.17. The zero-order valence-corrected chi connectivity index (χ0v) is 10.3. The van der Waals surface area contributed by atoms with Gasteiger partial charge in [0.15, 0.2) is 0 Å². The Bertz CT molecular complexity index is 388. The molecule has 3 heteroatoms. The standard InChI is InChI=1S/C13H19NO2/c1-5-10(3)14(4)13(16)11-6-7-12(15)9(2)8-11/h6-8,10,15H,5H2,1-4H3. The predicted octanol–water partition coefficient (Wildman–Crippen LogP) is 2.57. The second kappa shape index (κ2) is 5.01. The number of rotatable bonds is 3. The van der Waals surface area contributed by atoms with Crippen molar-refractivity contribution in [1.29, 1.82) is 0 Å². The molecule has 1 rings (SSSR count). The van der Waals surface area contributed by atoms with Crippen molar-refractivity contribution in [2.75, 3.05) is 7.05 Å². The van der Waals surface area contributed by atoms with E-state index in [0.717, 1.165) is 12.0 Å². The quantitative estimate of drug-likeness (QED) is 0.852. The topological polar surface area (TPSA) is 40.5 Å². The fraction of sp³-hybridized carbons (Fsp3) is 0.462. The Kier molecular flexibility index (Phi) is 3.93. The fourth-order valence-electron chi connectivity index (χ4n) is 1.47. The lowest BCUT2D eigenvalue weighted by atomic mass is 10.1. The minimum Gasteiger partial charge on any atom is -0.508 e. The van der Waals surface area contributed by atoms with Gasteiger partial charge in [-0.15, -0.1) is 0 Å². The number of amides is 1. The molecule has 0 radical (unpaired) electrons. The van der Waals surface area contributed by atoms with Gasteiger partial charge in [-0.25, -0.2) is 0 Å². The van der Waals surface area contributed by atoms with Gasteiger partial charge in [-0.2, -0.15) is 0 Å². The minimum absolute atomic E-state index is 0.00236. The average molecular weight is 221 g/mol. The number of aromatic hydroxyl groups is 1. The molecule has 3 nitrogen and oxygen atoms in total. The van der Waals surface area contributed by atoms with Crippen molar-refractivity contribution in [1.82, 2.24) is 4.90 Å². The first-order chi connectivity index (χ1) is 7.47. The molecule has 0 heterocycles. The van der Waals surface area contributed by atoms with Crippen molar-refractivity contribution in [2.24, 2.45) is 0 Å². The molecule has 1 aromatic carbocycles. The van der Waals surface area contributed by atoms with Crippen LogP contribution in [0, 0.1) is 6.92 Å². The molecule has 1 atom stereocenters. The lowest BCUT2D eigenvalue weighted by Gasteiger charge is -2.24. The molecule has 0 aliphatic carbocycles. The number of carbonyl (C=O) groups excluding carboxylic acids is 1. The Hall–Kier alpha value is -1.51. The Morgan fingerprint density at radius 2 is 2.12 bits per heavy atom. The van der Waals surface area contributed by atoms with E-state index in [2.05, 4.69) is 6.92 Å². The zero-order chi connectivity index (χ0) is 12.3. The van der Waals surface area contributed by atoms with Crippen molar-refractivity contribution in [2.45, 2.75) is 33.2 Å². The van der Waals surface area contributed by atoms with Gasteiger partial charge in [0, 0.05) is 18.7 Å². The lowest BCUT2D eigenvalue weighted by molar-refractivity contribution is 0.0740. The van der Waals surface area contributed by atoms with Crippen LogP contribution in [-0.2, 0) is 0 Å². The van der Waals surface area contributed by atoms with Crippen LogP contribution in [0.5, 0.6) is 5.75 Å². The summed E-state index contributed by atoms with van der Waals surface area (Å²) in [7, 11) is 1.80. The molecule has 16 heavy (non-hydrogen) atoms. The van der Waals surface area contributed by atoms with Crippen molar-refractivity contribution in [3.05, 3.63) is 29.3 Å². The van der Waals surface area contributed by atoms with Crippen molar-refractivity contribution < 1.29 is 9.90 Å². The summed E-state index contributed by atoms with van der Waals surface area (Å²) in [4.78, 5) is 13.8. The van der Waals surface area contributed by atoms with Gasteiger partial charge in [0.05, 0.1) is 0 Å². The molecule has 0 saturated carbocycles. The Morgan fingerprint density at radius 1 is 1.50 bits per heavy atom. The molecule has 1 N–H and O–H groups in total. The summed E-state index contributed by atoms with van der Waals surface area (Å²) in [6.07, 6.45) is 0.930. The highest BCUT2D eigenvalue weighted by atomic mass is 16.3. The maximum Gasteiger partial charge on any atom is 0.253 e. The monoisotopic (exact) mass is 221 g/mol. The second-order valence-corrected chi connectivity index (χ2v) is 4.17. The highest BCUT2D eigenvalue weighted by Gasteiger charge is 2.16. The summed E-state index contributed by atoms with van der Waals surface area (Å²) in [5.74, 6) is 0.222. The number of hydrogen-bond acceptors (Lipinski definition) is 2. The predicted molar refractivity (Wildman–Crippen MR) is 64.7 cm³/mol. The lowest BCUT2D eigenvalue weighted by Crippen LogP contribution is -2.34. The smallest absolute Gasteiger partial charge is 0.253 e. The Morgan fingerprint density at radius 3 is 2.62 bits per heavy atom. The van der Waals surface area contributed by atoms with Crippen LogP contribution in [0.15, 0.2) is 18.2 Å². The number of nitrogens with zero attached hydrogens (tertiary/aromatic N) is 1. The molecule has 0 aromatic heterocycles. The van der Waals surface area contributed by atoms with Gasteiger partial charge >= 0.3 is 0 Å². The van der Waals surface area contributed by atoms with Crippen molar-refractivity contribution >= 4 is 5.91 Å². The highest BCUT2D eigenvalue weighted by Crippen LogP contribution is 2.18. The van der Waals surface area contributed by atoms with Gasteiger partial charge in [-0.3, -0.25) is 4.79 Å². The van der Waals surface area contributed by atoms with Crippen LogP contribution < -0.4 is 0 Å². The van der Waals surface area contributed by atoms with Crippen LogP contribution in [0.2, 0.25) is 0 Å². The molecule has 0 bridgehead atoms. The molecule has 1 aromatic rings. The van der Waals surface area contributed by atoms with Gasteiger partial charge in [0.2, 0.25) is 0 Å². The van der Waals surface area contributed by atoms with Crippen LogP contribution in [0.25, 0.3) is 0 Å². The third kappa shape index (κ3) is 2.54. The average Bonchev–Trinajstić information content (AvgIpc) is 2.29. The molecule has 0 aliphatic heterocycles. The molecular formula is C13H19NO2. The van der Waals surface area contributed by atoms with Crippen LogP contribution >= 0.6 is 0 Å². The fourth-order valence-corrected chi connectivity index (χ4v) is 1.47. The summed E-state index contributed by atoms with van der Waals surface area (Å²) >= 11 is 0. The largest absolute Gasteiger partial charge is 0.508 e. The number of benzene rings is 1. The third-order valence-corrected chi connectivity index (χ3v) is 3.02. The van der Waals surface area contributed by atoms with E-state index in [0.29, 0.717) is 5.56 Å². The number of phenols is 1. The van der Waals surface area contributed by atoms with Gasteiger partial charge in [-0.1, -0.05) is 6.92 Å². The molecular weight excluding hydrogens is 202 g/mol. The van der Waals surface area contributed by atoms with E-state index in [4.69, 9.17) is 0 Å². The zero-order valence-electron chi connectivity index (χ0n) is 10.3. The van der Waals surface area contributed by atoms with E-state index in [1.54, 1.807) is 37.1 Å². The van der Waals surface area contributed by atoms with E-state index >= 15 is 0 Å². The first-order valence-corrected chi connectivity index (χ1v) is 5.54. The van der Waals surface area contributed by atoms with E-state index in [9.17, 15) is 9.90 Å². The van der Waals surface area contributed by atoms with E-state index in [1.165, 1.54) is 0 Å². The normalized spacial score (nSPS) is 12.2. The van der Waals surface area contributed by atoms with E-state index in [1.807, 2.05) is 6.92 Å². The molecule has 0 saturated heterocycles. The number of hydrogen-bond donors (Lipinski definition) is 1. The van der Waals surface area contributed by atoms with Crippen LogP contribution in [0.4, 0.5) is 0 Å². The van der Waals surface area contributed by atoms with Gasteiger partial charge < -0.3 is 10.0 Å². The Balaban J connectivity index is 2.92. The highest BCUT2D eigenvalue weighted by molar-refractivity contribution is 5.94. The number of carbonyl (C=O) groups is 1. The number of phenolic OH excluding ortho intramolecular Hbond substituents is 1. The molecule has 0 spiro atoms. The summed E-state index contributed by atoms with van der Waals surface area (Å²) in [6, 6.07) is 5.16. The molecule has 0 aliphatic rings. The minimum atomic E-state index is -0.00236. The van der Waals surface area contributed by atoms with E-state index < -0.39 is 0 Å². The third-order valence-electron chi connectivity index (χ3n) is 3.02. The molecule has 1 unspecified atom stereocenters. The van der Waals surface area contributed by atoms with Crippen molar-refractivity contribution in [3.8, 4) is 5.75 Å². The van der Waals surface area contributed by atoms with Crippen LogP contribution in [0.1, 0.15) is 36.2 Å². The van der Waals surface area contributed by atoms with Crippen LogP contribution in [-0.4, -0.2) is 29.0 Å². The maximum absolute atomic E-state index is 12.1. The van der Waals surface area contributed by atoms with E-state index in [-0.39, 0.29) is 17.7 Å². The van der Waals surface area contributed by atoms with Gasteiger partial charge in [-0.05, 0) is 44.0 Å². The first kappa shape index (κ1) is 12.6. The van der Waals surface area contributed by atoms with Gasteiger partial charge in [0.1, 0.15) is 5.75 Å². The summed E-state index contributed by atoms with van der Waals surface area (Å²) < 4.78 is 0. The SMILES string of the molecule is CCC(C)N(C)C(=O)c1ccc(O)c(C)c1. The van der Waals surface area contributed by atoms with Crippen LogP contribution in [0.3, 0.4) is 0 Å². The summed E-state index contributed by atoms with van der Waals surface area (Å²) in [5.41, 5.74) is 1.35. The molecule has 88 valence electrons. The maximum atomic E-state index is 12.1. The van der Waals surface area contributed by atoms with Crippen molar-refractivity contribution in [3.63, 3.8) is 0 Å². The Labute approximate surface area is 96.7 Å². The molecule has 0 fully saturated rings. The molecule has 1 amide bonds. The number of aryl methyl sites for hydroxylation is 1. The first-order valence-electron chi connectivity index (χ1n) is 5.54.